The number of amides is 1. The third-order valence-electron chi connectivity index (χ3n) is 3.42. The maximum absolute atomic E-state index is 12.4. The van der Waals surface area contributed by atoms with Gasteiger partial charge in [0.2, 0.25) is 0 Å². The first kappa shape index (κ1) is 19.8. The molecule has 0 aliphatic heterocycles. The van der Waals surface area contributed by atoms with Gasteiger partial charge in [0.1, 0.15) is 5.75 Å². The number of anilines is 1. The van der Waals surface area contributed by atoms with Crippen LogP contribution in [-0.4, -0.2) is 24.6 Å². The molecule has 1 N–H and O–H groups in total. The molecule has 1 aromatic heterocycles. The maximum Gasteiger partial charge on any atom is 0.387 e. The molecular formula is C18H19F2NO4S. The summed E-state index contributed by atoms with van der Waals surface area (Å²) in [5.74, 6) is -1.27. The lowest BCUT2D eigenvalue weighted by molar-refractivity contribution is -0.153. The Kier molecular flexibility index (Phi) is 7.53. The van der Waals surface area contributed by atoms with Crippen LogP contribution in [0.4, 0.5) is 14.5 Å². The molecular weight excluding hydrogens is 364 g/mol. The molecule has 0 spiro atoms. The van der Waals surface area contributed by atoms with E-state index in [2.05, 4.69) is 10.1 Å². The molecule has 0 bridgehead atoms. The third-order valence-corrected chi connectivity index (χ3v) is 4.36. The minimum Gasteiger partial charge on any atom is -0.453 e. The Balaban J connectivity index is 1.80. The van der Waals surface area contributed by atoms with Crippen LogP contribution in [0.3, 0.4) is 0 Å². The second-order valence-corrected chi connectivity index (χ2v) is 6.46. The molecule has 1 aromatic carbocycles. The number of rotatable bonds is 9. The van der Waals surface area contributed by atoms with Gasteiger partial charge in [-0.3, -0.25) is 9.59 Å². The first-order valence-electron chi connectivity index (χ1n) is 8.02. The largest absolute Gasteiger partial charge is 0.453 e. The van der Waals surface area contributed by atoms with Gasteiger partial charge in [0.05, 0.1) is 5.69 Å². The Morgan fingerprint density at radius 3 is 2.65 bits per heavy atom. The van der Waals surface area contributed by atoms with Crippen molar-refractivity contribution in [2.45, 2.75) is 38.9 Å². The molecule has 0 unspecified atom stereocenters. The van der Waals surface area contributed by atoms with E-state index < -0.39 is 24.6 Å². The topological polar surface area (TPSA) is 64.6 Å². The van der Waals surface area contributed by atoms with E-state index in [-0.39, 0.29) is 17.9 Å². The van der Waals surface area contributed by atoms with Crippen molar-refractivity contribution in [3.05, 3.63) is 46.7 Å². The molecule has 5 nitrogen and oxygen atoms in total. The number of alkyl halides is 2. The molecule has 2 rings (SSSR count). The van der Waals surface area contributed by atoms with Gasteiger partial charge in [0.15, 0.2) is 6.10 Å². The average Bonchev–Trinajstić information content (AvgIpc) is 3.09. The summed E-state index contributed by atoms with van der Waals surface area (Å²) in [5.41, 5.74) is 0.0818. The fraction of sp³-hybridized carbons (Fsp3) is 0.333. The fourth-order valence-corrected chi connectivity index (χ4v) is 2.93. The number of thiophene rings is 1. The van der Waals surface area contributed by atoms with Gasteiger partial charge < -0.3 is 14.8 Å². The molecule has 0 aliphatic carbocycles. The zero-order valence-electron chi connectivity index (χ0n) is 14.1. The number of ether oxygens (including phenoxy) is 2. The van der Waals surface area contributed by atoms with E-state index in [9.17, 15) is 18.4 Å². The number of carbonyl (C=O) groups is 2. The zero-order valence-corrected chi connectivity index (χ0v) is 14.9. The van der Waals surface area contributed by atoms with Crippen LogP contribution in [0, 0.1) is 0 Å². The van der Waals surface area contributed by atoms with E-state index in [4.69, 9.17) is 4.74 Å². The molecule has 0 aliphatic rings. The first-order valence-corrected chi connectivity index (χ1v) is 8.90. The van der Waals surface area contributed by atoms with E-state index in [1.165, 1.54) is 30.0 Å². The Morgan fingerprint density at radius 1 is 1.19 bits per heavy atom. The van der Waals surface area contributed by atoms with Gasteiger partial charge in [-0.05, 0) is 43.3 Å². The standard InChI is InChI=1S/C18H19F2NO4S/c1-12(24-16(22)10-4-6-13-7-5-11-26-13)17(23)21-14-8-2-3-9-15(14)25-18(19)20/h2-3,5,7-9,11-12,18H,4,6,10H2,1H3,(H,21,23)/t12-/m1/s1. The van der Waals surface area contributed by atoms with Crippen LogP contribution in [0.25, 0.3) is 0 Å². The summed E-state index contributed by atoms with van der Waals surface area (Å²) in [6, 6.07) is 9.74. The fourth-order valence-electron chi connectivity index (χ4n) is 2.17. The van der Waals surface area contributed by atoms with Crippen LogP contribution in [0.5, 0.6) is 5.75 Å². The molecule has 1 amide bonds. The molecule has 1 atom stereocenters. The maximum atomic E-state index is 12.4. The molecule has 26 heavy (non-hydrogen) atoms. The molecule has 0 saturated carbocycles. The predicted molar refractivity (Wildman–Crippen MR) is 94.5 cm³/mol. The quantitative estimate of drug-likeness (QED) is 0.658. The summed E-state index contributed by atoms with van der Waals surface area (Å²) in [6.45, 7) is -1.59. The first-order chi connectivity index (χ1) is 12.5. The Morgan fingerprint density at radius 2 is 1.96 bits per heavy atom. The monoisotopic (exact) mass is 383 g/mol. The zero-order chi connectivity index (χ0) is 18.9. The summed E-state index contributed by atoms with van der Waals surface area (Å²) in [4.78, 5) is 25.1. The van der Waals surface area contributed by atoms with Crippen LogP contribution < -0.4 is 10.1 Å². The number of benzene rings is 1. The van der Waals surface area contributed by atoms with E-state index in [1.54, 1.807) is 17.4 Å². The molecule has 8 heteroatoms. The van der Waals surface area contributed by atoms with Crippen molar-refractivity contribution < 1.29 is 27.8 Å². The lowest BCUT2D eigenvalue weighted by Gasteiger charge is -2.15. The van der Waals surface area contributed by atoms with Crippen LogP contribution in [0.1, 0.15) is 24.6 Å². The summed E-state index contributed by atoms with van der Waals surface area (Å²) < 4.78 is 34.2. The summed E-state index contributed by atoms with van der Waals surface area (Å²) in [7, 11) is 0. The normalized spacial score (nSPS) is 11.8. The van der Waals surface area contributed by atoms with Gasteiger partial charge in [-0.15, -0.1) is 11.3 Å². The molecule has 0 saturated heterocycles. The Labute approximate surface area is 153 Å². The van der Waals surface area contributed by atoms with Crippen LogP contribution in [0.2, 0.25) is 0 Å². The van der Waals surface area contributed by atoms with Crippen molar-refractivity contribution in [3.63, 3.8) is 0 Å². The third kappa shape index (κ3) is 6.44. The van der Waals surface area contributed by atoms with Crippen molar-refractivity contribution in [1.82, 2.24) is 0 Å². The van der Waals surface area contributed by atoms with Gasteiger partial charge in [-0.1, -0.05) is 18.2 Å². The number of aryl methyl sites for hydroxylation is 1. The van der Waals surface area contributed by atoms with Crippen molar-refractivity contribution in [3.8, 4) is 5.75 Å². The minimum atomic E-state index is -3.01. The number of para-hydroxylation sites is 2. The number of nitrogens with one attached hydrogen (secondary N) is 1. The van der Waals surface area contributed by atoms with Crippen molar-refractivity contribution in [2.75, 3.05) is 5.32 Å². The summed E-state index contributed by atoms with van der Waals surface area (Å²) in [6.07, 6.45) is 0.536. The van der Waals surface area contributed by atoms with E-state index in [1.807, 2.05) is 17.5 Å². The smallest absolute Gasteiger partial charge is 0.387 e. The minimum absolute atomic E-state index is 0.0818. The molecule has 0 radical (unpaired) electrons. The summed E-state index contributed by atoms with van der Waals surface area (Å²) in [5, 5.41) is 4.39. The molecule has 1 heterocycles. The number of esters is 1. The SMILES string of the molecule is C[C@@H](OC(=O)CCCc1cccs1)C(=O)Nc1ccccc1OC(F)F. The summed E-state index contributed by atoms with van der Waals surface area (Å²) >= 11 is 1.62. The predicted octanol–water partition coefficient (Wildman–Crippen LogP) is 4.24. The van der Waals surface area contributed by atoms with Gasteiger partial charge in [0, 0.05) is 11.3 Å². The highest BCUT2D eigenvalue weighted by Crippen LogP contribution is 2.25. The van der Waals surface area contributed by atoms with E-state index >= 15 is 0 Å². The van der Waals surface area contributed by atoms with Crippen LogP contribution in [-0.2, 0) is 20.7 Å². The van der Waals surface area contributed by atoms with E-state index in [0.29, 0.717) is 6.42 Å². The van der Waals surface area contributed by atoms with Crippen LogP contribution >= 0.6 is 11.3 Å². The lowest BCUT2D eigenvalue weighted by atomic mass is 10.2. The Hall–Kier alpha value is -2.48. The average molecular weight is 383 g/mol. The molecule has 140 valence electrons. The molecule has 2 aromatic rings. The lowest BCUT2D eigenvalue weighted by Crippen LogP contribution is -2.30. The number of hydrogen-bond donors (Lipinski definition) is 1. The second-order valence-electron chi connectivity index (χ2n) is 5.43. The van der Waals surface area contributed by atoms with Gasteiger partial charge in [0.25, 0.3) is 5.91 Å². The van der Waals surface area contributed by atoms with Gasteiger partial charge >= 0.3 is 12.6 Å². The highest BCUT2D eigenvalue weighted by molar-refractivity contribution is 7.09. The molecule has 0 fully saturated rings. The number of halogens is 2. The van der Waals surface area contributed by atoms with E-state index in [0.717, 1.165) is 6.42 Å². The van der Waals surface area contributed by atoms with Crippen LogP contribution in [0.15, 0.2) is 41.8 Å². The van der Waals surface area contributed by atoms with Crippen molar-refractivity contribution in [2.24, 2.45) is 0 Å². The van der Waals surface area contributed by atoms with Gasteiger partial charge in [-0.2, -0.15) is 8.78 Å². The number of carbonyl (C=O) groups excluding carboxylic acids is 2. The second kappa shape index (κ2) is 9.86. The highest BCUT2D eigenvalue weighted by Gasteiger charge is 2.19. The highest BCUT2D eigenvalue weighted by atomic mass is 32.1. The number of hydrogen-bond acceptors (Lipinski definition) is 5. The van der Waals surface area contributed by atoms with Gasteiger partial charge in [-0.25, -0.2) is 0 Å². The van der Waals surface area contributed by atoms with Crippen molar-refractivity contribution in [1.29, 1.82) is 0 Å². The Bertz CT molecular complexity index is 722. The van der Waals surface area contributed by atoms with Crippen molar-refractivity contribution >= 4 is 28.9 Å².